The normalized spacial score (nSPS) is 11.4. The van der Waals surface area contributed by atoms with Crippen LogP contribution in [0.25, 0.3) is 16.9 Å². The molecule has 20 heavy (non-hydrogen) atoms. The van der Waals surface area contributed by atoms with Gasteiger partial charge in [-0.2, -0.15) is 5.10 Å². The Hall–Kier alpha value is -1.08. The quantitative estimate of drug-likeness (QED) is 0.499. The van der Waals surface area contributed by atoms with E-state index >= 15 is 0 Å². The first-order chi connectivity index (χ1) is 9.63. The van der Waals surface area contributed by atoms with Crippen molar-refractivity contribution in [1.29, 1.82) is 0 Å². The molecule has 4 nitrogen and oxygen atoms in total. The number of fused-ring (bicyclic) bond motifs is 1. The number of alkyl halides is 1. The third kappa shape index (κ3) is 2.13. The number of halogens is 2. The van der Waals surface area contributed by atoms with Gasteiger partial charge in [0.25, 0.3) is 0 Å². The van der Waals surface area contributed by atoms with Crippen molar-refractivity contribution in [2.75, 3.05) is 5.88 Å². The summed E-state index contributed by atoms with van der Waals surface area (Å²) in [6, 6.07) is 8.27. The molecule has 2 aromatic heterocycles. The van der Waals surface area contributed by atoms with Gasteiger partial charge in [0.05, 0.1) is 11.4 Å². The van der Waals surface area contributed by atoms with Crippen molar-refractivity contribution in [1.82, 2.24) is 19.3 Å². The van der Waals surface area contributed by atoms with Crippen molar-refractivity contribution in [2.24, 2.45) is 7.05 Å². The minimum atomic E-state index is 0.555. The maximum atomic E-state index is 5.93. The highest BCUT2D eigenvalue weighted by Crippen LogP contribution is 2.26. The van der Waals surface area contributed by atoms with Gasteiger partial charge in [0, 0.05) is 22.9 Å². The van der Waals surface area contributed by atoms with Crippen molar-refractivity contribution in [3.05, 3.63) is 39.4 Å². The molecule has 6 heteroatoms. The van der Waals surface area contributed by atoms with Crippen LogP contribution in [0.5, 0.6) is 0 Å². The highest BCUT2D eigenvalue weighted by molar-refractivity contribution is 14.1. The van der Waals surface area contributed by atoms with Gasteiger partial charge >= 0.3 is 0 Å². The molecule has 0 spiro atoms. The first kappa shape index (κ1) is 13.9. The summed E-state index contributed by atoms with van der Waals surface area (Å²) in [7, 11) is 1.95. The molecule has 0 aliphatic carbocycles. The molecule has 0 N–H and O–H groups in total. The minimum absolute atomic E-state index is 0.555. The van der Waals surface area contributed by atoms with E-state index in [1.54, 1.807) is 0 Å². The number of aryl methyl sites for hydroxylation is 3. The molecule has 0 amide bonds. The molecule has 0 unspecified atom stereocenters. The Labute approximate surface area is 135 Å². The first-order valence-corrected chi connectivity index (χ1v) is 7.96. The molecule has 0 bridgehead atoms. The second kappa shape index (κ2) is 5.37. The molecule has 0 saturated carbocycles. The third-order valence-electron chi connectivity index (χ3n) is 3.28. The minimum Gasteiger partial charge on any atom is -0.280 e. The number of hydrogen-bond acceptors (Lipinski definition) is 2. The monoisotopic (exact) mass is 400 g/mol. The fourth-order valence-electron chi connectivity index (χ4n) is 2.46. The van der Waals surface area contributed by atoms with Crippen LogP contribution in [0.15, 0.2) is 24.3 Å². The lowest BCUT2D eigenvalue weighted by molar-refractivity contribution is 0.750. The van der Waals surface area contributed by atoms with Crippen molar-refractivity contribution in [2.45, 2.75) is 13.3 Å². The number of aromatic nitrogens is 4. The van der Waals surface area contributed by atoms with E-state index in [1.807, 2.05) is 30.8 Å². The van der Waals surface area contributed by atoms with Crippen LogP contribution in [-0.2, 0) is 13.5 Å². The molecule has 1 aromatic carbocycles. The van der Waals surface area contributed by atoms with Crippen LogP contribution < -0.4 is 0 Å². The molecular formula is C14H14ClIN4. The zero-order valence-electron chi connectivity index (χ0n) is 11.3. The second-order valence-corrected chi connectivity index (χ2v) is 6.18. The van der Waals surface area contributed by atoms with Crippen LogP contribution in [0.3, 0.4) is 0 Å². The maximum absolute atomic E-state index is 5.93. The lowest BCUT2D eigenvalue weighted by Gasteiger charge is -2.10. The first-order valence-electron chi connectivity index (χ1n) is 6.35. The Balaban J connectivity index is 2.37. The SMILES string of the molecule is Cc1nn(C)c2c1nc(CCCl)n2-c1ccccc1I. The van der Waals surface area contributed by atoms with Crippen LogP contribution in [0, 0.1) is 10.5 Å². The summed E-state index contributed by atoms with van der Waals surface area (Å²) >= 11 is 8.28. The molecule has 0 radical (unpaired) electrons. The summed E-state index contributed by atoms with van der Waals surface area (Å²) in [4.78, 5) is 4.73. The van der Waals surface area contributed by atoms with Gasteiger partial charge in [0.2, 0.25) is 0 Å². The van der Waals surface area contributed by atoms with Crippen LogP contribution >= 0.6 is 34.2 Å². The van der Waals surface area contributed by atoms with E-state index in [1.165, 1.54) is 3.57 Å². The zero-order chi connectivity index (χ0) is 14.3. The van der Waals surface area contributed by atoms with Gasteiger partial charge in [0.15, 0.2) is 5.65 Å². The number of rotatable bonds is 3. The average molecular weight is 401 g/mol. The number of benzene rings is 1. The molecule has 0 aliphatic heterocycles. The molecule has 0 fully saturated rings. The van der Waals surface area contributed by atoms with E-state index in [0.29, 0.717) is 5.88 Å². The van der Waals surface area contributed by atoms with Crippen LogP contribution in [-0.4, -0.2) is 25.2 Å². The lowest BCUT2D eigenvalue weighted by Crippen LogP contribution is -2.07. The van der Waals surface area contributed by atoms with E-state index in [0.717, 1.165) is 34.8 Å². The Morgan fingerprint density at radius 3 is 2.75 bits per heavy atom. The molecule has 2 heterocycles. The summed E-state index contributed by atoms with van der Waals surface area (Å²) in [6.45, 7) is 1.99. The van der Waals surface area contributed by atoms with E-state index < -0.39 is 0 Å². The summed E-state index contributed by atoms with van der Waals surface area (Å²) in [5.41, 5.74) is 4.04. The lowest BCUT2D eigenvalue weighted by atomic mass is 10.3. The molecule has 0 aliphatic rings. The molecule has 104 valence electrons. The Morgan fingerprint density at radius 1 is 1.30 bits per heavy atom. The van der Waals surface area contributed by atoms with Gasteiger partial charge in [0.1, 0.15) is 11.3 Å². The number of hydrogen-bond donors (Lipinski definition) is 0. The maximum Gasteiger partial charge on any atom is 0.163 e. The number of imidazole rings is 1. The van der Waals surface area contributed by atoms with E-state index in [-0.39, 0.29) is 0 Å². The van der Waals surface area contributed by atoms with Gasteiger partial charge in [-0.3, -0.25) is 4.57 Å². The van der Waals surface area contributed by atoms with Gasteiger partial charge in [-0.25, -0.2) is 9.67 Å². The molecular weight excluding hydrogens is 387 g/mol. The Morgan fingerprint density at radius 2 is 2.05 bits per heavy atom. The van der Waals surface area contributed by atoms with Gasteiger partial charge in [-0.15, -0.1) is 11.6 Å². The largest absolute Gasteiger partial charge is 0.280 e. The predicted octanol–water partition coefficient (Wildman–Crippen LogP) is 3.45. The van der Waals surface area contributed by atoms with Crippen LogP contribution in [0.2, 0.25) is 0 Å². The van der Waals surface area contributed by atoms with Gasteiger partial charge in [-0.1, -0.05) is 12.1 Å². The summed E-state index contributed by atoms with van der Waals surface area (Å²) in [5, 5.41) is 4.47. The third-order valence-corrected chi connectivity index (χ3v) is 4.38. The molecule has 0 atom stereocenters. The summed E-state index contributed by atoms with van der Waals surface area (Å²) in [6.07, 6.45) is 0.737. The Bertz CT molecular complexity index is 775. The molecule has 0 saturated heterocycles. The fourth-order valence-corrected chi connectivity index (χ4v) is 3.25. The molecule has 3 aromatic rings. The summed E-state index contributed by atoms with van der Waals surface area (Å²) in [5.74, 6) is 1.54. The average Bonchev–Trinajstić information content (AvgIpc) is 2.90. The van der Waals surface area contributed by atoms with Crippen molar-refractivity contribution < 1.29 is 0 Å². The van der Waals surface area contributed by atoms with Crippen molar-refractivity contribution in [3.8, 4) is 5.69 Å². The smallest absolute Gasteiger partial charge is 0.163 e. The topological polar surface area (TPSA) is 35.6 Å². The van der Waals surface area contributed by atoms with E-state index in [4.69, 9.17) is 16.6 Å². The van der Waals surface area contributed by atoms with Gasteiger partial charge in [-0.05, 0) is 41.6 Å². The van der Waals surface area contributed by atoms with Crippen LogP contribution in [0.1, 0.15) is 11.5 Å². The van der Waals surface area contributed by atoms with Crippen molar-refractivity contribution >= 4 is 45.4 Å². The van der Waals surface area contributed by atoms with E-state index in [9.17, 15) is 0 Å². The van der Waals surface area contributed by atoms with E-state index in [2.05, 4.69) is 44.4 Å². The van der Waals surface area contributed by atoms with Gasteiger partial charge < -0.3 is 0 Å². The van der Waals surface area contributed by atoms with Crippen molar-refractivity contribution in [3.63, 3.8) is 0 Å². The second-order valence-electron chi connectivity index (χ2n) is 4.64. The zero-order valence-corrected chi connectivity index (χ0v) is 14.2. The predicted molar refractivity (Wildman–Crippen MR) is 89.7 cm³/mol. The highest BCUT2D eigenvalue weighted by Gasteiger charge is 2.19. The molecule has 3 rings (SSSR count). The highest BCUT2D eigenvalue weighted by atomic mass is 127. The Kier molecular flexibility index (Phi) is 3.72. The summed E-state index contributed by atoms with van der Waals surface area (Å²) < 4.78 is 5.23. The number of nitrogens with zero attached hydrogens (tertiary/aromatic N) is 4. The fraction of sp³-hybridized carbons (Fsp3) is 0.286. The standard InChI is InChI=1S/C14H14ClIN4/c1-9-13-14(19(2)18-9)20(12(17-13)7-8-15)11-6-4-3-5-10(11)16/h3-6H,7-8H2,1-2H3. The number of para-hydroxylation sites is 1. The van der Waals surface area contributed by atoms with Crippen LogP contribution in [0.4, 0.5) is 0 Å².